The Hall–Kier alpha value is -1.84. The molecule has 1 rings (SSSR count). The summed E-state index contributed by atoms with van der Waals surface area (Å²) in [5.41, 5.74) is 0.569. The van der Waals surface area contributed by atoms with Crippen molar-refractivity contribution in [1.82, 2.24) is 0 Å². The van der Waals surface area contributed by atoms with Crippen LogP contribution in [0.5, 0.6) is 5.75 Å². The van der Waals surface area contributed by atoms with Crippen LogP contribution < -0.4 is 4.74 Å². The molecule has 3 nitrogen and oxygen atoms in total. The predicted molar refractivity (Wildman–Crippen MR) is 62.4 cm³/mol. The van der Waals surface area contributed by atoms with E-state index in [0.717, 1.165) is 0 Å². The minimum absolute atomic E-state index is 0.196. The summed E-state index contributed by atoms with van der Waals surface area (Å²) < 4.78 is 23.1. The van der Waals surface area contributed by atoms with E-state index in [9.17, 15) is 9.18 Å². The minimum atomic E-state index is -0.411. The molecular weight excluding hydrogens is 223 g/mol. The Morgan fingerprint density at radius 3 is 2.88 bits per heavy atom. The number of hydrogen-bond donors (Lipinski definition) is 0. The molecule has 0 aliphatic rings. The second-order valence-electron chi connectivity index (χ2n) is 3.38. The third-order valence-electron chi connectivity index (χ3n) is 2.03. The van der Waals surface area contributed by atoms with E-state index in [1.54, 1.807) is 26.0 Å². The highest BCUT2D eigenvalue weighted by Gasteiger charge is 1.99. The number of aryl methyl sites for hydroxylation is 1. The molecule has 0 spiro atoms. The predicted octanol–water partition coefficient (Wildman–Crippen LogP) is 2.63. The smallest absolute Gasteiger partial charge is 0.330 e. The van der Waals surface area contributed by atoms with E-state index in [2.05, 4.69) is 4.74 Å². The molecule has 0 bridgehead atoms. The molecule has 0 saturated carbocycles. The fourth-order valence-corrected chi connectivity index (χ4v) is 1.14. The van der Waals surface area contributed by atoms with Crippen molar-refractivity contribution in [3.05, 3.63) is 41.7 Å². The molecule has 0 saturated heterocycles. The highest BCUT2D eigenvalue weighted by atomic mass is 19.1. The van der Waals surface area contributed by atoms with Gasteiger partial charge >= 0.3 is 5.97 Å². The number of halogens is 1. The van der Waals surface area contributed by atoms with Crippen LogP contribution in [0.4, 0.5) is 4.39 Å². The molecule has 1 aromatic carbocycles. The molecule has 0 heterocycles. The third kappa shape index (κ3) is 4.68. The molecule has 4 heteroatoms. The molecule has 0 aliphatic heterocycles. The molecule has 0 radical (unpaired) electrons. The van der Waals surface area contributed by atoms with Gasteiger partial charge in [0.25, 0.3) is 0 Å². The number of hydrogen-bond acceptors (Lipinski definition) is 3. The average molecular weight is 238 g/mol. The van der Waals surface area contributed by atoms with Crippen molar-refractivity contribution < 1.29 is 18.7 Å². The van der Waals surface area contributed by atoms with Crippen LogP contribution in [0.25, 0.3) is 0 Å². The van der Waals surface area contributed by atoms with Crippen molar-refractivity contribution in [2.24, 2.45) is 0 Å². The fourth-order valence-electron chi connectivity index (χ4n) is 1.14. The summed E-state index contributed by atoms with van der Waals surface area (Å²) in [5, 5.41) is 0. The quantitative estimate of drug-likeness (QED) is 0.584. The van der Waals surface area contributed by atoms with Gasteiger partial charge in [-0.1, -0.05) is 6.07 Å². The van der Waals surface area contributed by atoms with Gasteiger partial charge in [0.05, 0.1) is 6.61 Å². The Bertz CT molecular complexity index is 413. The minimum Gasteiger partial charge on any atom is -0.489 e. The van der Waals surface area contributed by atoms with Gasteiger partial charge in [0.15, 0.2) is 0 Å². The van der Waals surface area contributed by atoms with E-state index in [0.29, 0.717) is 17.9 Å². The lowest BCUT2D eigenvalue weighted by Crippen LogP contribution is -2.01. The molecule has 0 amide bonds. The van der Waals surface area contributed by atoms with Gasteiger partial charge in [0.1, 0.15) is 18.2 Å². The molecule has 0 fully saturated rings. The standard InChI is InChI=1S/C13H15FO3/c1-3-16-13(15)5-4-8-17-11-7-6-10(2)12(14)9-11/h4-7,9H,3,8H2,1-2H3/b5-4+. The first-order valence-electron chi connectivity index (χ1n) is 5.35. The van der Waals surface area contributed by atoms with Crippen molar-refractivity contribution >= 4 is 5.97 Å². The lowest BCUT2D eigenvalue weighted by Gasteiger charge is -2.04. The maximum atomic E-state index is 13.1. The van der Waals surface area contributed by atoms with Crippen molar-refractivity contribution in [2.45, 2.75) is 13.8 Å². The van der Waals surface area contributed by atoms with Gasteiger partial charge in [-0.3, -0.25) is 0 Å². The first-order valence-corrected chi connectivity index (χ1v) is 5.35. The van der Waals surface area contributed by atoms with Crippen LogP contribution in [-0.4, -0.2) is 19.2 Å². The Morgan fingerprint density at radius 1 is 1.47 bits per heavy atom. The maximum Gasteiger partial charge on any atom is 0.330 e. The van der Waals surface area contributed by atoms with E-state index in [-0.39, 0.29) is 12.4 Å². The number of carbonyl (C=O) groups excluding carboxylic acids is 1. The highest BCUT2D eigenvalue weighted by Crippen LogP contribution is 2.15. The van der Waals surface area contributed by atoms with E-state index in [4.69, 9.17) is 4.74 Å². The van der Waals surface area contributed by atoms with Gasteiger partial charge in [0, 0.05) is 12.1 Å². The molecular formula is C13H15FO3. The summed E-state index contributed by atoms with van der Waals surface area (Å²) >= 11 is 0. The molecule has 17 heavy (non-hydrogen) atoms. The summed E-state index contributed by atoms with van der Waals surface area (Å²) in [6.07, 6.45) is 2.81. The zero-order valence-electron chi connectivity index (χ0n) is 9.90. The van der Waals surface area contributed by atoms with Gasteiger partial charge in [0.2, 0.25) is 0 Å². The van der Waals surface area contributed by atoms with Gasteiger partial charge in [-0.15, -0.1) is 0 Å². The SMILES string of the molecule is CCOC(=O)/C=C/COc1ccc(C)c(F)c1. The molecule has 0 aromatic heterocycles. The topological polar surface area (TPSA) is 35.5 Å². The monoisotopic (exact) mass is 238 g/mol. The van der Waals surface area contributed by atoms with E-state index in [1.165, 1.54) is 18.2 Å². The lowest BCUT2D eigenvalue weighted by atomic mass is 10.2. The van der Waals surface area contributed by atoms with Gasteiger partial charge in [-0.05, 0) is 31.6 Å². The Kier molecular flexibility index (Phi) is 5.20. The summed E-state index contributed by atoms with van der Waals surface area (Å²) in [6.45, 7) is 3.95. The summed E-state index contributed by atoms with van der Waals surface area (Å²) in [5.74, 6) is -0.287. The molecule has 0 unspecified atom stereocenters. The largest absolute Gasteiger partial charge is 0.489 e. The third-order valence-corrected chi connectivity index (χ3v) is 2.03. The normalized spacial score (nSPS) is 10.5. The summed E-state index contributed by atoms with van der Waals surface area (Å²) in [4.78, 5) is 10.9. The maximum absolute atomic E-state index is 13.1. The van der Waals surface area contributed by atoms with Crippen molar-refractivity contribution in [3.8, 4) is 5.75 Å². The molecule has 0 aliphatic carbocycles. The van der Waals surface area contributed by atoms with Gasteiger partial charge in [-0.25, -0.2) is 9.18 Å². The summed E-state index contributed by atoms with van der Waals surface area (Å²) in [6, 6.07) is 4.63. The number of rotatable bonds is 5. The van der Waals surface area contributed by atoms with E-state index < -0.39 is 5.97 Å². The van der Waals surface area contributed by atoms with Crippen molar-refractivity contribution in [3.63, 3.8) is 0 Å². The van der Waals surface area contributed by atoms with Crippen LogP contribution >= 0.6 is 0 Å². The van der Waals surface area contributed by atoms with Crippen molar-refractivity contribution in [2.75, 3.05) is 13.2 Å². The van der Waals surface area contributed by atoms with Crippen molar-refractivity contribution in [1.29, 1.82) is 0 Å². The van der Waals surface area contributed by atoms with Crippen LogP contribution in [0.1, 0.15) is 12.5 Å². The van der Waals surface area contributed by atoms with Crippen LogP contribution in [0.2, 0.25) is 0 Å². The van der Waals surface area contributed by atoms with Gasteiger partial charge < -0.3 is 9.47 Å². The molecule has 1 aromatic rings. The highest BCUT2D eigenvalue weighted by molar-refractivity contribution is 5.81. The van der Waals surface area contributed by atoms with Crippen LogP contribution in [0, 0.1) is 12.7 Å². The first kappa shape index (κ1) is 13.2. The second-order valence-corrected chi connectivity index (χ2v) is 3.38. The second kappa shape index (κ2) is 6.68. The molecule has 0 N–H and O–H groups in total. The van der Waals surface area contributed by atoms with Crippen LogP contribution in [0.3, 0.4) is 0 Å². The number of esters is 1. The Balaban J connectivity index is 2.40. The number of benzene rings is 1. The zero-order valence-corrected chi connectivity index (χ0v) is 9.90. The Morgan fingerprint density at radius 2 is 2.24 bits per heavy atom. The number of carbonyl (C=O) groups is 1. The summed E-state index contributed by atoms with van der Waals surface area (Å²) in [7, 11) is 0. The van der Waals surface area contributed by atoms with E-state index >= 15 is 0 Å². The molecule has 92 valence electrons. The zero-order chi connectivity index (χ0) is 12.7. The average Bonchev–Trinajstić information content (AvgIpc) is 2.29. The lowest BCUT2D eigenvalue weighted by molar-refractivity contribution is -0.137. The fraction of sp³-hybridized carbons (Fsp3) is 0.308. The van der Waals surface area contributed by atoms with Crippen LogP contribution in [-0.2, 0) is 9.53 Å². The van der Waals surface area contributed by atoms with Gasteiger partial charge in [-0.2, -0.15) is 0 Å². The van der Waals surface area contributed by atoms with E-state index in [1.807, 2.05) is 0 Å². The first-order chi connectivity index (χ1) is 8.13. The Labute approximate surface area is 99.9 Å². The van der Waals surface area contributed by atoms with Crippen LogP contribution in [0.15, 0.2) is 30.4 Å². The molecule has 0 atom stereocenters. The number of ether oxygens (including phenoxy) is 2.